The Bertz CT molecular complexity index is 766. The molecule has 0 unspecified atom stereocenters. The van der Waals surface area contributed by atoms with Crippen LogP contribution in [0.5, 0.6) is 0 Å². The van der Waals surface area contributed by atoms with E-state index in [0.717, 1.165) is 5.32 Å². The standard InChI is InChI=1S/C13H10F17NO4/c14-6(15,4(33)1-31-3(2-32)5(34)35)7(16,17)8(18,19)9(20,21)10(22,23)11(24,25)12(26,27)13(28,29)30/h3-4,31-33H,1-2H2,(H,34,35)/t3-,4+/m0/s1. The number of aliphatic hydroxyl groups is 2. The highest BCUT2D eigenvalue weighted by Crippen LogP contribution is 2.64. The zero-order valence-corrected chi connectivity index (χ0v) is 15.7. The number of hydrogen-bond donors (Lipinski definition) is 4. The summed E-state index contributed by atoms with van der Waals surface area (Å²) in [4.78, 5) is 10.5. The number of hydrogen-bond acceptors (Lipinski definition) is 4. The second kappa shape index (κ2) is 9.23. The Balaban J connectivity index is 6.51. The van der Waals surface area contributed by atoms with Gasteiger partial charge in [-0.25, -0.2) is 0 Å². The lowest BCUT2D eigenvalue weighted by Crippen LogP contribution is -2.75. The lowest BCUT2D eigenvalue weighted by molar-refractivity contribution is -0.464. The molecule has 5 nitrogen and oxygen atoms in total. The van der Waals surface area contributed by atoms with Crippen LogP contribution in [0.3, 0.4) is 0 Å². The fraction of sp³-hybridized carbons (Fsp3) is 0.923. The van der Waals surface area contributed by atoms with E-state index >= 15 is 0 Å². The highest BCUT2D eigenvalue weighted by Gasteiger charge is 2.95. The molecule has 0 fully saturated rings. The minimum atomic E-state index is -8.80. The fourth-order valence-electron chi connectivity index (χ4n) is 2.00. The molecule has 0 aromatic carbocycles. The van der Waals surface area contributed by atoms with Gasteiger partial charge < -0.3 is 15.3 Å². The third-order valence-electron chi connectivity index (χ3n) is 4.20. The topological polar surface area (TPSA) is 89.8 Å². The molecule has 2 atom stereocenters. The number of halogens is 17. The predicted octanol–water partition coefficient (Wildman–Crippen LogP) is 3.39. The third-order valence-corrected chi connectivity index (χ3v) is 4.20. The fourth-order valence-corrected chi connectivity index (χ4v) is 2.00. The van der Waals surface area contributed by atoms with Crippen molar-refractivity contribution in [3.63, 3.8) is 0 Å². The van der Waals surface area contributed by atoms with E-state index in [1.165, 1.54) is 0 Å². The van der Waals surface area contributed by atoms with Crippen molar-refractivity contribution in [3.8, 4) is 0 Å². The second-order valence-electron chi connectivity index (χ2n) is 6.56. The van der Waals surface area contributed by atoms with Crippen LogP contribution in [0, 0.1) is 0 Å². The van der Waals surface area contributed by atoms with E-state index in [9.17, 15) is 79.4 Å². The molecule has 0 aromatic heterocycles. The van der Waals surface area contributed by atoms with Crippen LogP contribution in [0.2, 0.25) is 0 Å². The summed E-state index contributed by atoms with van der Waals surface area (Å²) in [6, 6.07) is -2.41. The number of carboxylic acid groups (broad SMARTS) is 1. The van der Waals surface area contributed by atoms with Crippen molar-refractivity contribution in [1.29, 1.82) is 0 Å². The molecule has 0 saturated carbocycles. The van der Waals surface area contributed by atoms with Gasteiger partial charge in [-0.2, -0.15) is 74.6 Å². The Morgan fingerprint density at radius 1 is 0.629 bits per heavy atom. The first kappa shape index (κ1) is 33.2. The number of alkyl halides is 17. The van der Waals surface area contributed by atoms with Gasteiger partial charge in [-0.15, -0.1) is 0 Å². The normalized spacial score (nSPS) is 17.3. The lowest BCUT2D eigenvalue weighted by atomic mass is 9.87. The molecule has 4 N–H and O–H groups in total. The van der Waals surface area contributed by atoms with Crippen LogP contribution in [0.25, 0.3) is 0 Å². The summed E-state index contributed by atoms with van der Waals surface area (Å²) in [7, 11) is 0. The van der Waals surface area contributed by atoms with Crippen molar-refractivity contribution in [2.24, 2.45) is 0 Å². The molecule has 35 heavy (non-hydrogen) atoms. The highest BCUT2D eigenvalue weighted by atomic mass is 19.4. The van der Waals surface area contributed by atoms with E-state index in [4.69, 9.17) is 15.3 Å². The summed E-state index contributed by atoms with van der Waals surface area (Å²) in [6.45, 7) is -3.88. The molecule has 0 rings (SSSR count). The van der Waals surface area contributed by atoms with Crippen LogP contribution in [0.4, 0.5) is 74.6 Å². The molecule has 0 amide bonds. The van der Waals surface area contributed by atoms with Crippen molar-refractivity contribution in [2.45, 2.75) is 59.8 Å². The van der Waals surface area contributed by atoms with Crippen molar-refractivity contribution >= 4 is 5.97 Å². The predicted molar refractivity (Wildman–Crippen MR) is 73.2 cm³/mol. The molecule has 0 spiro atoms. The molecular formula is C13H10F17NO4. The minimum absolute atomic E-state index is 1.09. The van der Waals surface area contributed by atoms with E-state index < -0.39 is 78.9 Å². The zero-order chi connectivity index (χ0) is 28.9. The Hall–Kier alpha value is -1.84. The largest absolute Gasteiger partial charge is 0.480 e. The smallest absolute Gasteiger partial charge is 0.460 e. The van der Waals surface area contributed by atoms with E-state index in [1.807, 2.05) is 0 Å². The van der Waals surface area contributed by atoms with Crippen molar-refractivity contribution in [1.82, 2.24) is 5.32 Å². The number of aliphatic carboxylic acids is 1. The molecule has 0 aliphatic heterocycles. The van der Waals surface area contributed by atoms with E-state index in [2.05, 4.69) is 0 Å². The maximum absolute atomic E-state index is 13.7. The van der Waals surface area contributed by atoms with Gasteiger partial charge in [0.15, 0.2) is 0 Å². The molecular weight excluding hydrogens is 557 g/mol. The number of carboxylic acids is 1. The first-order valence-corrected chi connectivity index (χ1v) is 8.00. The van der Waals surface area contributed by atoms with Gasteiger partial charge >= 0.3 is 53.6 Å². The Labute approximate surface area is 180 Å². The first-order valence-electron chi connectivity index (χ1n) is 8.00. The van der Waals surface area contributed by atoms with Gasteiger partial charge in [-0.05, 0) is 0 Å². The Morgan fingerprint density at radius 2 is 0.943 bits per heavy atom. The average molecular weight is 567 g/mol. The van der Waals surface area contributed by atoms with Crippen molar-refractivity contribution in [2.75, 3.05) is 13.2 Å². The molecule has 0 bridgehead atoms. The second-order valence-corrected chi connectivity index (χ2v) is 6.56. The van der Waals surface area contributed by atoms with E-state index in [0.29, 0.717) is 0 Å². The van der Waals surface area contributed by atoms with Crippen LogP contribution in [-0.2, 0) is 4.79 Å². The molecule has 22 heteroatoms. The number of nitrogens with one attached hydrogen (secondary N) is 1. The average Bonchev–Trinajstić information content (AvgIpc) is 2.65. The molecule has 0 aliphatic carbocycles. The van der Waals surface area contributed by atoms with Crippen LogP contribution in [-0.4, -0.2) is 94.2 Å². The number of carbonyl (C=O) groups is 1. The summed E-state index contributed by atoms with van der Waals surface area (Å²) in [5.41, 5.74) is 0. The third kappa shape index (κ3) is 4.79. The summed E-state index contributed by atoms with van der Waals surface area (Å²) in [6.07, 6.45) is -12.3. The van der Waals surface area contributed by atoms with Gasteiger partial charge in [-0.3, -0.25) is 10.1 Å². The zero-order valence-electron chi connectivity index (χ0n) is 15.7. The molecule has 0 saturated heterocycles. The Morgan fingerprint density at radius 3 is 1.23 bits per heavy atom. The van der Waals surface area contributed by atoms with E-state index in [-0.39, 0.29) is 0 Å². The van der Waals surface area contributed by atoms with Crippen LogP contribution in [0.15, 0.2) is 0 Å². The molecule has 0 aromatic rings. The molecule has 0 heterocycles. The van der Waals surface area contributed by atoms with Crippen LogP contribution < -0.4 is 5.32 Å². The van der Waals surface area contributed by atoms with Gasteiger partial charge in [0, 0.05) is 6.54 Å². The lowest BCUT2D eigenvalue weighted by Gasteiger charge is -2.43. The first-order chi connectivity index (χ1) is 15.0. The maximum atomic E-state index is 13.7. The summed E-state index contributed by atoms with van der Waals surface area (Å²) < 4.78 is 222. The number of rotatable bonds is 12. The number of aliphatic hydroxyl groups excluding tert-OH is 2. The van der Waals surface area contributed by atoms with Gasteiger partial charge in [0.25, 0.3) is 0 Å². The SMILES string of the molecule is O=C(O)[C@H](CO)NC[C@@H](O)C(F)(F)C(F)(F)C(F)(F)C(F)(F)C(F)(F)C(F)(F)C(F)(F)C(F)(F)F. The van der Waals surface area contributed by atoms with Crippen molar-refractivity contribution in [3.05, 3.63) is 0 Å². The summed E-state index contributed by atoms with van der Waals surface area (Å²) in [5, 5.41) is 26.9. The van der Waals surface area contributed by atoms with Crippen molar-refractivity contribution < 1.29 is 94.8 Å². The van der Waals surface area contributed by atoms with Gasteiger partial charge in [0.1, 0.15) is 12.1 Å². The highest BCUT2D eigenvalue weighted by molar-refractivity contribution is 5.73. The van der Waals surface area contributed by atoms with Gasteiger partial charge in [0.2, 0.25) is 0 Å². The molecule has 0 radical (unpaired) electrons. The quantitative estimate of drug-likeness (QED) is 0.272. The maximum Gasteiger partial charge on any atom is 0.460 e. The Kier molecular flexibility index (Phi) is 8.75. The van der Waals surface area contributed by atoms with Crippen LogP contribution >= 0.6 is 0 Å². The van der Waals surface area contributed by atoms with Crippen LogP contribution in [0.1, 0.15) is 0 Å². The van der Waals surface area contributed by atoms with E-state index in [1.54, 1.807) is 0 Å². The minimum Gasteiger partial charge on any atom is -0.480 e. The summed E-state index contributed by atoms with van der Waals surface area (Å²) in [5.74, 6) is -60.5. The molecule has 210 valence electrons. The molecule has 0 aliphatic rings. The summed E-state index contributed by atoms with van der Waals surface area (Å²) >= 11 is 0. The van der Waals surface area contributed by atoms with Gasteiger partial charge in [0.05, 0.1) is 6.61 Å². The van der Waals surface area contributed by atoms with Gasteiger partial charge in [-0.1, -0.05) is 0 Å². The monoisotopic (exact) mass is 567 g/mol.